The number of carbonyl (C=O) groups is 3. The van der Waals surface area contributed by atoms with Gasteiger partial charge < -0.3 is 19.2 Å². The van der Waals surface area contributed by atoms with Gasteiger partial charge in [0.25, 0.3) is 0 Å². The summed E-state index contributed by atoms with van der Waals surface area (Å²) in [6.45, 7) is 8.96. The van der Waals surface area contributed by atoms with Crippen LogP contribution in [-0.4, -0.2) is 30.9 Å². The molecule has 1 N–H and O–H groups in total. The van der Waals surface area contributed by atoms with Gasteiger partial charge >= 0.3 is 11.9 Å². The topological polar surface area (TPSA) is 94.8 Å². The van der Waals surface area contributed by atoms with Crippen molar-refractivity contribution in [3.63, 3.8) is 0 Å². The highest BCUT2D eigenvalue weighted by molar-refractivity contribution is 6.12. The second-order valence-corrected chi connectivity index (χ2v) is 7.94. The minimum atomic E-state index is -0.917. The van der Waals surface area contributed by atoms with Crippen LogP contribution < -0.4 is 5.32 Å². The number of hydrogen-bond acceptors (Lipinski definition) is 7. The minimum Gasteiger partial charge on any atom is -0.468 e. The third-order valence-corrected chi connectivity index (χ3v) is 5.35. The summed E-state index contributed by atoms with van der Waals surface area (Å²) in [5, 5.41) is 3.21. The van der Waals surface area contributed by atoms with Crippen LogP contribution >= 0.6 is 0 Å². The van der Waals surface area contributed by atoms with Crippen molar-refractivity contribution in [1.29, 1.82) is 0 Å². The smallest absolute Gasteiger partial charge is 0.337 e. The van der Waals surface area contributed by atoms with Crippen molar-refractivity contribution in [2.75, 3.05) is 7.11 Å². The summed E-state index contributed by atoms with van der Waals surface area (Å²) in [6.07, 6.45) is 0.169. The van der Waals surface area contributed by atoms with E-state index >= 15 is 0 Å². The predicted octanol–water partition coefficient (Wildman–Crippen LogP) is 3.15. The molecule has 2 heterocycles. The average Bonchev–Trinajstić information content (AvgIpc) is 3.05. The monoisotopic (exact) mass is 401 g/mol. The van der Waals surface area contributed by atoms with Crippen molar-refractivity contribution in [2.24, 2.45) is 11.8 Å². The molecule has 3 rings (SSSR count). The van der Waals surface area contributed by atoms with Crippen molar-refractivity contribution >= 4 is 17.7 Å². The number of hydrogen-bond donors (Lipinski definition) is 1. The van der Waals surface area contributed by atoms with Crippen LogP contribution in [0, 0.1) is 18.8 Å². The van der Waals surface area contributed by atoms with Crippen LogP contribution in [0.1, 0.15) is 51.6 Å². The lowest BCUT2D eigenvalue weighted by Gasteiger charge is -2.37. The number of Topliss-reactive ketones (excluding diaryl/α,β-unsaturated/α-hetero) is 1. The molecule has 156 valence electrons. The number of furan rings is 1. The van der Waals surface area contributed by atoms with Crippen LogP contribution in [0.5, 0.6) is 0 Å². The zero-order valence-electron chi connectivity index (χ0n) is 17.6. The average molecular weight is 401 g/mol. The highest BCUT2D eigenvalue weighted by atomic mass is 16.5. The second-order valence-electron chi connectivity index (χ2n) is 7.94. The molecule has 0 unspecified atom stereocenters. The summed E-state index contributed by atoms with van der Waals surface area (Å²) in [6, 6.07) is 3.54. The van der Waals surface area contributed by atoms with Gasteiger partial charge in [-0.25, -0.2) is 4.79 Å². The molecule has 0 spiro atoms. The number of ketones is 1. The summed E-state index contributed by atoms with van der Waals surface area (Å²) >= 11 is 0. The molecule has 7 heteroatoms. The van der Waals surface area contributed by atoms with E-state index in [1.165, 1.54) is 7.11 Å². The molecular weight excluding hydrogens is 374 g/mol. The van der Waals surface area contributed by atoms with Gasteiger partial charge in [-0.15, -0.1) is 0 Å². The molecule has 1 aromatic heterocycles. The van der Waals surface area contributed by atoms with Gasteiger partial charge in [0.1, 0.15) is 17.4 Å². The van der Waals surface area contributed by atoms with Crippen LogP contribution in [0.2, 0.25) is 0 Å². The van der Waals surface area contributed by atoms with Crippen LogP contribution in [0.25, 0.3) is 0 Å². The lowest BCUT2D eigenvalue weighted by atomic mass is 9.70. The van der Waals surface area contributed by atoms with E-state index in [0.29, 0.717) is 40.5 Å². The highest BCUT2D eigenvalue weighted by Crippen LogP contribution is 2.45. The Bertz CT molecular complexity index is 919. The number of ether oxygens (including phenoxy) is 2. The Morgan fingerprint density at radius 3 is 2.48 bits per heavy atom. The molecule has 0 bridgehead atoms. The van der Waals surface area contributed by atoms with Crippen LogP contribution in [0.3, 0.4) is 0 Å². The first-order valence-electron chi connectivity index (χ1n) is 9.75. The molecule has 1 aromatic rings. The van der Waals surface area contributed by atoms with Crippen molar-refractivity contribution in [3.8, 4) is 0 Å². The molecule has 2 aliphatic rings. The summed E-state index contributed by atoms with van der Waals surface area (Å²) in [5.74, 6) is -2.18. The van der Waals surface area contributed by atoms with Gasteiger partial charge in [0.05, 0.1) is 24.7 Å². The second kappa shape index (κ2) is 7.89. The van der Waals surface area contributed by atoms with Crippen molar-refractivity contribution < 1.29 is 28.3 Å². The fourth-order valence-electron chi connectivity index (χ4n) is 4.12. The third-order valence-electron chi connectivity index (χ3n) is 5.35. The molecular formula is C22H27NO6. The summed E-state index contributed by atoms with van der Waals surface area (Å²) in [5.41, 5.74) is 2.01. The molecule has 1 aliphatic heterocycles. The quantitative estimate of drug-likeness (QED) is 0.612. The number of esters is 2. The predicted molar refractivity (Wildman–Crippen MR) is 105 cm³/mol. The van der Waals surface area contributed by atoms with E-state index in [9.17, 15) is 14.4 Å². The number of carbonyl (C=O) groups excluding carboxylic acids is 3. The Balaban J connectivity index is 2.15. The first kappa shape index (κ1) is 20.9. The van der Waals surface area contributed by atoms with Gasteiger partial charge in [0, 0.05) is 17.0 Å². The Kier molecular flexibility index (Phi) is 5.68. The van der Waals surface area contributed by atoms with Crippen molar-refractivity contribution in [3.05, 3.63) is 46.2 Å². The maximum Gasteiger partial charge on any atom is 0.337 e. The minimum absolute atomic E-state index is 0.225. The molecule has 0 saturated heterocycles. The Morgan fingerprint density at radius 2 is 1.93 bits per heavy atom. The number of dihydropyridines is 1. The summed E-state index contributed by atoms with van der Waals surface area (Å²) < 4.78 is 16.2. The van der Waals surface area contributed by atoms with Crippen LogP contribution in [0.4, 0.5) is 0 Å². The fourth-order valence-corrected chi connectivity index (χ4v) is 4.12. The SMILES string of the molecule is COC(=O)[C@@H]1C(=O)C2=C(C[C@H]1C)NC(C)=C(C(=O)OC(C)C)[C@H]2c1ccc(C)o1. The fraction of sp³-hybridized carbons (Fsp3) is 0.500. The Morgan fingerprint density at radius 1 is 1.24 bits per heavy atom. The molecule has 0 saturated carbocycles. The standard InChI is InChI=1S/C22H27NO6/c1-10(2)28-22(26)17-13(5)23-14-9-11(3)16(21(25)27-6)20(24)18(14)19(17)15-8-7-12(4)29-15/h7-8,10-11,16,19,23H,9H2,1-6H3/t11-,16+,19-/m1/s1. The van der Waals surface area contributed by atoms with Gasteiger partial charge in [-0.2, -0.15) is 0 Å². The normalized spacial score (nSPS) is 24.4. The molecule has 0 amide bonds. The maximum absolute atomic E-state index is 13.4. The number of aryl methyl sites for hydroxylation is 1. The molecule has 0 aromatic carbocycles. The number of allylic oxidation sites excluding steroid dienone is 3. The van der Waals surface area contributed by atoms with Crippen LogP contribution in [0.15, 0.2) is 39.1 Å². The first-order valence-corrected chi connectivity index (χ1v) is 9.75. The summed E-state index contributed by atoms with van der Waals surface area (Å²) in [4.78, 5) is 38.7. The third kappa shape index (κ3) is 3.73. The van der Waals surface area contributed by atoms with Crippen molar-refractivity contribution in [1.82, 2.24) is 5.32 Å². The van der Waals surface area contributed by atoms with Crippen LogP contribution in [-0.2, 0) is 23.9 Å². The van der Waals surface area contributed by atoms with Gasteiger partial charge in [-0.05, 0) is 52.2 Å². The van der Waals surface area contributed by atoms with Gasteiger partial charge in [0.2, 0.25) is 0 Å². The van der Waals surface area contributed by atoms with Gasteiger partial charge in [0.15, 0.2) is 5.78 Å². The van der Waals surface area contributed by atoms with Gasteiger partial charge in [-0.3, -0.25) is 9.59 Å². The Hall–Kier alpha value is -2.83. The van der Waals surface area contributed by atoms with Gasteiger partial charge in [-0.1, -0.05) is 6.92 Å². The molecule has 0 radical (unpaired) electrons. The Labute approximate surface area is 170 Å². The van der Waals surface area contributed by atoms with E-state index in [1.54, 1.807) is 39.8 Å². The lowest BCUT2D eigenvalue weighted by Crippen LogP contribution is -2.43. The van der Waals surface area contributed by atoms with E-state index in [2.05, 4.69) is 5.32 Å². The largest absolute Gasteiger partial charge is 0.468 e. The first-order chi connectivity index (χ1) is 13.6. The number of methoxy groups -OCH3 is 1. The van der Waals surface area contributed by atoms with E-state index < -0.39 is 23.8 Å². The molecule has 3 atom stereocenters. The van der Waals surface area contributed by atoms with E-state index in [1.807, 2.05) is 6.92 Å². The lowest BCUT2D eigenvalue weighted by molar-refractivity contribution is -0.151. The molecule has 0 fully saturated rings. The zero-order chi connectivity index (χ0) is 21.5. The maximum atomic E-state index is 13.4. The van der Waals surface area contributed by atoms with E-state index in [-0.39, 0.29) is 17.8 Å². The number of nitrogens with one attached hydrogen (secondary N) is 1. The number of rotatable bonds is 4. The van der Waals surface area contributed by atoms with E-state index in [0.717, 1.165) is 0 Å². The molecule has 1 aliphatic carbocycles. The van der Waals surface area contributed by atoms with E-state index in [4.69, 9.17) is 13.9 Å². The summed E-state index contributed by atoms with van der Waals surface area (Å²) in [7, 11) is 1.27. The van der Waals surface area contributed by atoms with Crippen molar-refractivity contribution in [2.45, 2.75) is 53.1 Å². The highest BCUT2D eigenvalue weighted by Gasteiger charge is 2.48. The molecule has 29 heavy (non-hydrogen) atoms. The zero-order valence-corrected chi connectivity index (χ0v) is 17.6. The molecule has 7 nitrogen and oxygen atoms in total.